The van der Waals surface area contributed by atoms with Crippen molar-refractivity contribution in [2.45, 2.75) is 27.3 Å². The van der Waals surface area contributed by atoms with Gasteiger partial charge in [0.2, 0.25) is 0 Å². The van der Waals surface area contributed by atoms with Crippen LogP contribution in [0.15, 0.2) is 35.7 Å². The molecule has 0 aliphatic carbocycles. The molecule has 1 heterocycles. The van der Waals surface area contributed by atoms with Crippen molar-refractivity contribution in [1.29, 1.82) is 0 Å². The summed E-state index contributed by atoms with van der Waals surface area (Å²) in [5.41, 5.74) is 3.05. The molecule has 1 aromatic heterocycles. The Labute approximate surface area is 153 Å². The molecule has 1 aromatic carbocycles. The molecule has 5 nitrogen and oxygen atoms in total. The van der Waals surface area contributed by atoms with Gasteiger partial charge < -0.3 is 15.5 Å². The fourth-order valence-electron chi connectivity index (χ4n) is 2.51. The van der Waals surface area contributed by atoms with Crippen LogP contribution >= 0.6 is 11.3 Å². The highest BCUT2D eigenvalue weighted by Gasteiger charge is 2.17. The first kappa shape index (κ1) is 19.1. The molecule has 134 valence electrons. The molecule has 2 amide bonds. The van der Waals surface area contributed by atoms with Gasteiger partial charge in [-0.25, -0.2) is 0 Å². The molecule has 6 heteroatoms. The van der Waals surface area contributed by atoms with Crippen LogP contribution in [-0.4, -0.2) is 31.4 Å². The zero-order valence-electron chi connectivity index (χ0n) is 15.0. The maximum absolute atomic E-state index is 12.3. The Kier molecular flexibility index (Phi) is 7.16. The van der Waals surface area contributed by atoms with Crippen LogP contribution in [0.1, 0.15) is 22.9 Å². The number of amides is 2. The molecule has 0 aliphatic rings. The molecule has 1 unspecified atom stereocenters. The average Bonchev–Trinajstić information content (AvgIpc) is 3.10. The summed E-state index contributed by atoms with van der Waals surface area (Å²) in [6.07, 6.45) is 0. The van der Waals surface area contributed by atoms with Crippen molar-refractivity contribution >= 4 is 28.8 Å². The van der Waals surface area contributed by atoms with E-state index in [1.165, 1.54) is 0 Å². The topological polar surface area (TPSA) is 62.6 Å². The van der Waals surface area contributed by atoms with E-state index in [1.54, 1.807) is 11.3 Å². The number of carbonyl (C=O) groups is 2. The van der Waals surface area contributed by atoms with Gasteiger partial charge in [-0.05, 0) is 49.4 Å². The second kappa shape index (κ2) is 9.34. The summed E-state index contributed by atoms with van der Waals surface area (Å²) in [5.74, 6) is -0.110. The van der Waals surface area contributed by atoms with Crippen LogP contribution in [0.4, 0.5) is 5.69 Å². The number of likely N-dealkylation sites (N-methyl/N-ethyl adjacent to an activating group) is 1. The Morgan fingerprint density at radius 1 is 1.08 bits per heavy atom. The van der Waals surface area contributed by atoms with Crippen LogP contribution in [0.5, 0.6) is 0 Å². The largest absolute Gasteiger partial charge is 0.346 e. The quantitative estimate of drug-likeness (QED) is 0.668. The molecular weight excluding hydrogens is 334 g/mol. The summed E-state index contributed by atoms with van der Waals surface area (Å²) in [7, 11) is 0. The molecular formula is C19H26N3O2S+. The number of benzene rings is 1. The normalized spacial score (nSPS) is 11.8. The monoisotopic (exact) mass is 360 g/mol. The predicted octanol–water partition coefficient (Wildman–Crippen LogP) is 1.52. The minimum absolute atomic E-state index is 0.0372. The summed E-state index contributed by atoms with van der Waals surface area (Å²) in [5, 5.41) is 7.85. The van der Waals surface area contributed by atoms with Crippen LogP contribution in [0.3, 0.4) is 0 Å². The van der Waals surface area contributed by atoms with Gasteiger partial charge >= 0.3 is 0 Å². The first-order valence-electron chi connectivity index (χ1n) is 8.48. The van der Waals surface area contributed by atoms with Crippen LogP contribution in [0, 0.1) is 13.8 Å². The maximum atomic E-state index is 12.3. The van der Waals surface area contributed by atoms with Gasteiger partial charge in [0.1, 0.15) is 0 Å². The molecule has 2 rings (SSSR count). The van der Waals surface area contributed by atoms with E-state index < -0.39 is 0 Å². The van der Waals surface area contributed by atoms with E-state index in [1.807, 2.05) is 56.5 Å². The Hall–Kier alpha value is -2.18. The number of hydrogen-bond donors (Lipinski definition) is 3. The van der Waals surface area contributed by atoms with Crippen molar-refractivity contribution in [3.05, 3.63) is 51.7 Å². The molecule has 0 radical (unpaired) electrons. The van der Waals surface area contributed by atoms with Crippen LogP contribution in [0.25, 0.3) is 0 Å². The first-order chi connectivity index (χ1) is 12.0. The molecule has 1 atom stereocenters. The number of hydrogen-bond acceptors (Lipinski definition) is 3. The molecule has 0 spiro atoms. The minimum atomic E-state index is -0.0726. The lowest BCUT2D eigenvalue weighted by Crippen LogP contribution is -3.14. The zero-order chi connectivity index (χ0) is 18.2. The summed E-state index contributed by atoms with van der Waals surface area (Å²) in [6.45, 7) is 7.82. The van der Waals surface area contributed by atoms with Crippen molar-refractivity contribution in [3.8, 4) is 0 Å². The summed E-state index contributed by atoms with van der Waals surface area (Å²) in [4.78, 5) is 26.5. The SMILES string of the molecule is CC[NH+](CC(=O)NCc1cccs1)CC(=O)Nc1cccc(C)c1C. The third-order valence-electron chi connectivity index (χ3n) is 4.24. The maximum Gasteiger partial charge on any atom is 0.279 e. The number of nitrogens with one attached hydrogen (secondary N) is 3. The first-order valence-corrected chi connectivity index (χ1v) is 9.36. The molecule has 3 N–H and O–H groups in total. The Morgan fingerprint density at radius 2 is 1.84 bits per heavy atom. The fourth-order valence-corrected chi connectivity index (χ4v) is 3.15. The third kappa shape index (κ3) is 5.99. The Balaban J connectivity index is 1.82. The van der Waals surface area contributed by atoms with Crippen molar-refractivity contribution in [2.24, 2.45) is 0 Å². The summed E-state index contributed by atoms with van der Waals surface area (Å²) >= 11 is 1.62. The highest BCUT2D eigenvalue weighted by molar-refractivity contribution is 7.09. The predicted molar refractivity (Wildman–Crippen MR) is 102 cm³/mol. The number of aryl methyl sites for hydroxylation is 1. The number of rotatable bonds is 8. The van der Waals surface area contributed by atoms with Crippen LogP contribution in [0.2, 0.25) is 0 Å². The lowest BCUT2D eigenvalue weighted by Gasteiger charge is -2.17. The van der Waals surface area contributed by atoms with Crippen LogP contribution in [-0.2, 0) is 16.1 Å². The summed E-state index contributed by atoms with van der Waals surface area (Å²) in [6, 6.07) is 9.81. The van der Waals surface area contributed by atoms with Crippen molar-refractivity contribution < 1.29 is 14.5 Å². The van der Waals surface area contributed by atoms with Gasteiger partial charge in [-0.3, -0.25) is 9.59 Å². The zero-order valence-corrected chi connectivity index (χ0v) is 15.8. The highest BCUT2D eigenvalue weighted by Crippen LogP contribution is 2.17. The number of quaternary nitrogens is 1. The van der Waals surface area contributed by atoms with Gasteiger partial charge in [-0.2, -0.15) is 0 Å². The molecule has 0 aliphatic heterocycles. The number of anilines is 1. The minimum Gasteiger partial charge on any atom is -0.346 e. The van der Waals surface area contributed by atoms with E-state index in [4.69, 9.17) is 0 Å². The Bertz CT molecular complexity index is 713. The second-order valence-corrected chi connectivity index (χ2v) is 7.14. The van der Waals surface area contributed by atoms with Gasteiger partial charge in [-0.15, -0.1) is 11.3 Å². The smallest absolute Gasteiger partial charge is 0.279 e. The molecule has 2 aromatic rings. The van der Waals surface area contributed by atoms with Crippen molar-refractivity contribution in [1.82, 2.24) is 5.32 Å². The van der Waals surface area contributed by atoms with E-state index >= 15 is 0 Å². The molecule has 0 saturated carbocycles. The molecule has 0 bridgehead atoms. The van der Waals surface area contributed by atoms with Gasteiger partial charge in [0.05, 0.1) is 13.1 Å². The van der Waals surface area contributed by atoms with E-state index in [0.717, 1.165) is 26.6 Å². The van der Waals surface area contributed by atoms with Gasteiger partial charge in [-0.1, -0.05) is 18.2 Å². The third-order valence-corrected chi connectivity index (χ3v) is 5.12. The van der Waals surface area contributed by atoms with E-state index in [2.05, 4.69) is 10.6 Å². The lowest BCUT2D eigenvalue weighted by atomic mass is 10.1. The average molecular weight is 361 g/mol. The van der Waals surface area contributed by atoms with E-state index in [9.17, 15) is 9.59 Å². The van der Waals surface area contributed by atoms with Crippen LogP contribution < -0.4 is 15.5 Å². The van der Waals surface area contributed by atoms with Gasteiger partial charge in [0.25, 0.3) is 11.8 Å². The fraction of sp³-hybridized carbons (Fsp3) is 0.368. The van der Waals surface area contributed by atoms with E-state index in [-0.39, 0.29) is 18.4 Å². The second-order valence-electron chi connectivity index (χ2n) is 6.11. The molecule has 0 saturated heterocycles. The highest BCUT2D eigenvalue weighted by atomic mass is 32.1. The Morgan fingerprint density at radius 3 is 2.52 bits per heavy atom. The lowest BCUT2D eigenvalue weighted by molar-refractivity contribution is -0.881. The molecule has 25 heavy (non-hydrogen) atoms. The molecule has 0 fully saturated rings. The summed E-state index contributed by atoms with van der Waals surface area (Å²) < 4.78 is 0. The van der Waals surface area contributed by atoms with E-state index in [0.29, 0.717) is 19.6 Å². The van der Waals surface area contributed by atoms with Gasteiger partial charge in [0.15, 0.2) is 13.1 Å². The standard InChI is InChI=1S/C19H25N3O2S/c1-4-22(12-18(23)20-11-16-8-6-10-25-16)13-19(24)21-17-9-5-7-14(2)15(17)3/h5-10H,4,11-13H2,1-3H3,(H,20,23)(H,21,24)/p+1. The number of carbonyl (C=O) groups excluding carboxylic acids is 2. The van der Waals surface area contributed by atoms with Crippen molar-refractivity contribution in [2.75, 3.05) is 25.0 Å². The number of thiophene rings is 1. The van der Waals surface area contributed by atoms with Gasteiger partial charge in [0, 0.05) is 10.6 Å². The van der Waals surface area contributed by atoms with Crippen molar-refractivity contribution in [3.63, 3.8) is 0 Å².